The first kappa shape index (κ1) is 20.8. The summed E-state index contributed by atoms with van der Waals surface area (Å²) in [6.45, 7) is 2.27. The number of carbonyl (C=O) groups excluding carboxylic acids is 1. The molecule has 8 nitrogen and oxygen atoms in total. The minimum Gasteiger partial charge on any atom is -0.490 e. The number of aldehydes is 1. The maximum absolute atomic E-state index is 11.1. The van der Waals surface area contributed by atoms with Gasteiger partial charge in [-0.2, -0.15) is 15.0 Å². The SMILES string of the molecule is CCOc1cc(C=O)ccc1Oc1nc(Nc2ccccc2)nc(Nc2ccccc2)n1. The Kier molecular flexibility index (Phi) is 6.52. The molecule has 0 amide bonds. The van der Waals surface area contributed by atoms with Gasteiger partial charge in [-0.05, 0) is 49.4 Å². The number of nitrogens with one attached hydrogen (secondary N) is 2. The summed E-state index contributed by atoms with van der Waals surface area (Å²) >= 11 is 0. The van der Waals surface area contributed by atoms with Crippen molar-refractivity contribution in [2.24, 2.45) is 0 Å². The number of anilines is 4. The van der Waals surface area contributed by atoms with Gasteiger partial charge in [0.15, 0.2) is 11.5 Å². The molecule has 0 aliphatic heterocycles. The predicted molar refractivity (Wildman–Crippen MR) is 122 cm³/mol. The van der Waals surface area contributed by atoms with E-state index >= 15 is 0 Å². The van der Waals surface area contributed by atoms with Crippen LogP contribution in [-0.2, 0) is 0 Å². The summed E-state index contributed by atoms with van der Waals surface area (Å²) < 4.78 is 11.6. The highest BCUT2D eigenvalue weighted by Gasteiger charge is 2.13. The van der Waals surface area contributed by atoms with E-state index in [0.29, 0.717) is 35.6 Å². The van der Waals surface area contributed by atoms with Gasteiger partial charge < -0.3 is 20.1 Å². The quantitative estimate of drug-likeness (QED) is 0.344. The van der Waals surface area contributed by atoms with Crippen molar-refractivity contribution in [2.75, 3.05) is 17.2 Å². The first-order valence-corrected chi connectivity index (χ1v) is 10.0. The van der Waals surface area contributed by atoms with Crippen molar-refractivity contribution in [3.8, 4) is 17.5 Å². The lowest BCUT2D eigenvalue weighted by atomic mass is 10.2. The van der Waals surface area contributed by atoms with Gasteiger partial charge in [-0.3, -0.25) is 4.79 Å². The van der Waals surface area contributed by atoms with Crippen LogP contribution in [0, 0.1) is 0 Å². The van der Waals surface area contributed by atoms with Crippen LogP contribution >= 0.6 is 0 Å². The van der Waals surface area contributed by atoms with Crippen LogP contribution in [0.2, 0.25) is 0 Å². The maximum Gasteiger partial charge on any atom is 0.328 e. The molecular weight excluding hydrogens is 406 g/mol. The molecular formula is C24H21N5O3. The average Bonchev–Trinajstić information content (AvgIpc) is 2.81. The molecule has 4 rings (SSSR count). The zero-order valence-electron chi connectivity index (χ0n) is 17.4. The molecule has 1 aromatic heterocycles. The number of para-hydroxylation sites is 2. The van der Waals surface area contributed by atoms with E-state index in [1.165, 1.54) is 0 Å². The molecule has 2 N–H and O–H groups in total. The number of nitrogens with zero attached hydrogens (tertiary/aromatic N) is 3. The molecule has 0 radical (unpaired) electrons. The van der Waals surface area contributed by atoms with Crippen molar-refractivity contribution in [3.05, 3.63) is 84.4 Å². The van der Waals surface area contributed by atoms with Gasteiger partial charge in [0.1, 0.15) is 6.29 Å². The molecule has 160 valence electrons. The molecule has 0 unspecified atom stereocenters. The Balaban J connectivity index is 1.68. The monoisotopic (exact) mass is 427 g/mol. The standard InChI is InChI=1S/C24H21N5O3/c1-2-31-21-15-17(16-30)13-14-20(21)32-24-28-22(25-18-9-5-3-6-10-18)27-23(29-24)26-19-11-7-4-8-12-19/h3-16H,2H2,1H3,(H2,25,26,27,28,29). The molecule has 0 aliphatic carbocycles. The number of hydrogen-bond acceptors (Lipinski definition) is 8. The Hall–Kier alpha value is -4.46. The van der Waals surface area contributed by atoms with Crippen molar-refractivity contribution in [3.63, 3.8) is 0 Å². The summed E-state index contributed by atoms with van der Waals surface area (Å²) in [4.78, 5) is 24.4. The molecule has 4 aromatic rings. The fourth-order valence-electron chi connectivity index (χ4n) is 2.86. The van der Waals surface area contributed by atoms with E-state index < -0.39 is 0 Å². The zero-order chi connectivity index (χ0) is 22.2. The Labute approximate surface area is 185 Å². The zero-order valence-corrected chi connectivity index (χ0v) is 17.4. The molecule has 0 bridgehead atoms. The van der Waals surface area contributed by atoms with Crippen molar-refractivity contribution in [1.29, 1.82) is 0 Å². The average molecular weight is 427 g/mol. The Morgan fingerprint density at radius 2 is 1.38 bits per heavy atom. The van der Waals surface area contributed by atoms with Crippen LogP contribution in [0.25, 0.3) is 0 Å². The first-order chi connectivity index (χ1) is 15.7. The van der Waals surface area contributed by atoms with E-state index in [1.54, 1.807) is 18.2 Å². The van der Waals surface area contributed by atoms with E-state index in [4.69, 9.17) is 9.47 Å². The van der Waals surface area contributed by atoms with E-state index in [-0.39, 0.29) is 6.01 Å². The summed E-state index contributed by atoms with van der Waals surface area (Å²) in [6, 6.07) is 24.1. The summed E-state index contributed by atoms with van der Waals surface area (Å²) in [5.74, 6) is 1.43. The number of benzene rings is 3. The molecule has 3 aromatic carbocycles. The van der Waals surface area contributed by atoms with Gasteiger partial charge in [-0.15, -0.1) is 0 Å². The van der Waals surface area contributed by atoms with E-state index in [1.807, 2.05) is 67.6 Å². The van der Waals surface area contributed by atoms with Crippen LogP contribution in [0.5, 0.6) is 17.5 Å². The smallest absolute Gasteiger partial charge is 0.328 e. The lowest BCUT2D eigenvalue weighted by Gasteiger charge is -2.13. The molecule has 0 spiro atoms. The maximum atomic E-state index is 11.1. The van der Waals surface area contributed by atoms with Crippen LogP contribution < -0.4 is 20.1 Å². The van der Waals surface area contributed by atoms with Gasteiger partial charge in [0.25, 0.3) is 0 Å². The molecule has 0 fully saturated rings. The number of hydrogen-bond donors (Lipinski definition) is 2. The molecule has 8 heteroatoms. The fourth-order valence-corrected chi connectivity index (χ4v) is 2.86. The van der Waals surface area contributed by atoms with Gasteiger partial charge in [0.05, 0.1) is 6.61 Å². The molecule has 1 heterocycles. The van der Waals surface area contributed by atoms with E-state index in [2.05, 4.69) is 25.6 Å². The fraction of sp³-hybridized carbons (Fsp3) is 0.0833. The number of carbonyl (C=O) groups is 1. The normalized spacial score (nSPS) is 10.3. The van der Waals surface area contributed by atoms with Gasteiger partial charge >= 0.3 is 6.01 Å². The molecule has 32 heavy (non-hydrogen) atoms. The third kappa shape index (κ3) is 5.37. The number of ether oxygens (including phenoxy) is 2. The van der Waals surface area contributed by atoms with Crippen molar-refractivity contribution >= 4 is 29.6 Å². The minimum absolute atomic E-state index is 0.0664. The van der Waals surface area contributed by atoms with Crippen LogP contribution in [-0.4, -0.2) is 27.8 Å². The molecule has 0 saturated heterocycles. The summed E-state index contributed by atoms with van der Waals surface area (Å²) in [6.07, 6.45) is 0.749. The second-order valence-electron chi connectivity index (χ2n) is 6.61. The van der Waals surface area contributed by atoms with Crippen LogP contribution in [0.15, 0.2) is 78.9 Å². The molecule has 0 aliphatic rings. The highest BCUT2D eigenvalue weighted by atomic mass is 16.5. The van der Waals surface area contributed by atoms with Crippen molar-refractivity contribution in [1.82, 2.24) is 15.0 Å². The van der Waals surface area contributed by atoms with Gasteiger partial charge in [-0.1, -0.05) is 36.4 Å². The Morgan fingerprint density at radius 1 is 0.781 bits per heavy atom. The van der Waals surface area contributed by atoms with Gasteiger partial charge in [0.2, 0.25) is 11.9 Å². The van der Waals surface area contributed by atoms with Gasteiger partial charge in [-0.25, -0.2) is 0 Å². The van der Waals surface area contributed by atoms with Crippen molar-refractivity contribution in [2.45, 2.75) is 6.92 Å². The highest BCUT2D eigenvalue weighted by molar-refractivity contribution is 5.76. The second-order valence-corrected chi connectivity index (χ2v) is 6.61. The highest BCUT2D eigenvalue weighted by Crippen LogP contribution is 2.32. The minimum atomic E-state index is 0.0664. The van der Waals surface area contributed by atoms with Crippen LogP contribution in [0.3, 0.4) is 0 Å². The summed E-state index contributed by atoms with van der Waals surface area (Å²) in [7, 11) is 0. The Bertz CT molecular complexity index is 1130. The first-order valence-electron chi connectivity index (χ1n) is 10.0. The van der Waals surface area contributed by atoms with E-state index in [0.717, 1.165) is 17.7 Å². The van der Waals surface area contributed by atoms with E-state index in [9.17, 15) is 4.79 Å². The molecule has 0 saturated carbocycles. The summed E-state index contributed by atoms with van der Waals surface area (Å²) in [5, 5.41) is 6.31. The largest absolute Gasteiger partial charge is 0.490 e. The topological polar surface area (TPSA) is 98.3 Å². The van der Waals surface area contributed by atoms with Crippen molar-refractivity contribution < 1.29 is 14.3 Å². The van der Waals surface area contributed by atoms with Crippen LogP contribution in [0.4, 0.5) is 23.3 Å². The summed E-state index contributed by atoms with van der Waals surface area (Å²) in [5.41, 5.74) is 2.12. The van der Waals surface area contributed by atoms with Gasteiger partial charge in [0, 0.05) is 16.9 Å². The van der Waals surface area contributed by atoms with Crippen LogP contribution in [0.1, 0.15) is 17.3 Å². The third-order valence-corrected chi connectivity index (χ3v) is 4.28. The number of aromatic nitrogens is 3. The Morgan fingerprint density at radius 3 is 1.91 bits per heavy atom. The second kappa shape index (κ2) is 10.0. The lowest BCUT2D eigenvalue weighted by Crippen LogP contribution is -2.06. The lowest BCUT2D eigenvalue weighted by molar-refractivity contribution is 0.112. The molecule has 0 atom stereocenters. The predicted octanol–water partition coefficient (Wildman–Crippen LogP) is 5.36. The third-order valence-electron chi connectivity index (χ3n) is 4.28. The number of rotatable bonds is 9.